The molecule has 1 unspecified atom stereocenters. The molecule has 0 spiro atoms. The molecular formula is C43H42N2O6. The van der Waals surface area contributed by atoms with Gasteiger partial charge in [0.25, 0.3) is 5.78 Å². The number of oxime groups is 1. The highest BCUT2D eigenvalue weighted by molar-refractivity contribution is 6.71. The van der Waals surface area contributed by atoms with Crippen LogP contribution in [-0.2, 0) is 16.2 Å². The number of aryl methyl sites for hydroxylation is 3. The number of rotatable bonds is 13. The molecular weight excluding hydrogens is 640 g/mol. The average Bonchev–Trinajstić information content (AvgIpc) is 3.76. The number of hydrogen-bond donors (Lipinski definition) is 0. The van der Waals surface area contributed by atoms with Gasteiger partial charge in [0.15, 0.2) is 11.5 Å². The Bertz CT molecular complexity index is 2340. The highest BCUT2D eigenvalue weighted by atomic mass is 16.7. The lowest BCUT2D eigenvalue weighted by Crippen LogP contribution is -2.25. The molecule has 1 atom stereocenters. The number of furan rings is 1. The zero-order chi connectivity index (χ0) is 36.4. The van der Waals surface area contributed by atoms with E-state index in [2.05, 4.69) is 29.6 Å². The van der Waals surface area contributed by atoms with Gasteiger partial charge in [0.2, 0.25) is 11.5 Å². The lowest BCUT2D eigenvalue weighted by Gasteiger charge is -2.19. The molecule has 260 valence electrons. The van der Waals surface area contributed by atoms with Gasteiger partial charge in [-0.05, 0) is 86.0 Å². The molecule has 4 aromatic carbocycles. The summed E-state index contributed by atoms with van der Waals surface area (Å²) in [7, 11) is 0. The number of carbonyl (C=O) groups excluding carboxylic acids is 4. The molecule has 0 aliphatic carbocycles. The van der Waals surface area contributed by atoms with Crippen LogP contribution >= 0.6 is 0 Å². The Hall–Kier alpha value is -5.63. The standard InChI is InChI=1S/C43H42N2O6/c1-7-9-13-29(8-2)24-45-36-18-17-30(41(47)39(44-51-28(6)46)43(49)37-16-12-19-50-37)22-33(36)34-23-35(31-14-10-11-15-32(31)40(34)45)42(48)38-26(4)20-25(3)21-27(38)5/h10-12,14-23,29H,7-9,13,24H2,1-6H3/b44-39+. The van der Waals surface area contributed by atoms with Crippen LogP contribution in [0.25, 0.3) is 32.6 Å². The molecule has 0 saturated carbocycles. The molecule has 6 aromatic rings. The van der Waals surface area contributed by atoms with E-state index in [9.17, 15) is 19.2 Å². The van der Waals surface area contributed by atoms with E-state index in [1.165, 1.54) is 18.4 Å². The quantitative estimate of drug-likeness (QED) is 0.0395. The van der Waals surface area contributed by atoms with Gasteiger partial charge >= 0.3 is 5.97 Å². The first-order chi connectivity index (χ1) is 24.5. The van der Waals surface area contributed by atoms with Crippen molar-refractivity contribution in [1.29, 1.82) is 0 Å². The molecule has 2 aromatic heterocycles. The van der Waals surface area contributed by atoms with E-state index in [1.807, 2.05) is 63.2 Å². The zero-order valence-corrected chi connectivity index (χ0v) is 30.0. The van der Waals surface area contributed by atoms with Crippen LogP contribution in [-0.4, -0.2) is 33.6 Å². The third-order valence-electron chi connectivity index (χ3n) is 9.70. The summed E-state index contributed by atoms with van der Waals surface area (Å²) in [5.74, 6) is -2.07. The number of nitrogens with zero attached hydrogens (tertiary/aromatic N) is 2. The van der Waals surface area contributed by atoms with Crippen molar-refractivity contribution in [3.8, 4) is 0 Å². The molecule has 0 N–H and O–H groups in total. The largest absolute Gasteiger partial charge is 0.461 e. The van der Waals surface area contributed by atoms with Crippen molar-refractivity contribution >= 4 is 61.6 Å². The van der Waals surface area contributed by atoms with Crippen molar-refractivity contribution in [1.82, 2.24) is 4.57 Å². The molecule has 0 fully saturated rings. The van der Waals surface area contributed by atoms with Crippen LogP contribution < -0.4 is 0 Å². The van der Waals surface area contributed by atoms with Gasteiger partial charge in [-0.15, -0.1) is 0 Å². The molecule has 0 aliphatic heterocycles. The topological polar surface area (TPSA) is 108 Å². The molecule has 0 aliphatic rings. The van der Waals surface area contributed by atoms with E-state index in [0.717, 1.165) is 88.4 Å². The Balaban J connectivity index is 1.62. The Morgan fingerprint density at radius 2 is 1.55 bits per heavy atom. The lowest BCUT2D eigenvalue weighted by atomic mass is 9.89. The molecule has 2 heterocycles. The molecule has 0 bridgehead atoms. The normalized spacial score (nSPS) is 12.5. The van der Waals surface area contributed by atoms with Crippen LogP contribution in [0, 0.1) is 26.7 Å². The van der Waals surface area contributed by atoms with Crippen LogP contribution in [0.2, 0.25) is 0 Å². The van der Waals surface area contributed by atoms with Crippen molar-refractivity contribution in [2.24, 2.45) is 11.1 Å². The summed E-state index contributed by atoms with van der Waals surface area (Å²) in [5, 5.41) is 7.06. The number of benzene rings is 4. The van der Waals surface area contributed by atoms with Gasteiger partial charge in [0, 0.05) is 51.8 Å². The monoisotopic (exact) mass is 682 g/mol. The minimum Gasteiger partial charge on any atom is -0.461 e. The third-order valence-corrected chi connectivity index (χ3v) is 9.70. The molecule has 0 amide bonds. The number of aromatic nitrogens is 1. The van der Waals surface area contributed by atoms with Crippen molar-refractivity contribution < 1.29 is 28.4 Å². The summed E-state index contributed by atoms with van der Waals surface area (Å²) in [6, 6.07) is 22.3. The fourth-order valence-corrected chi connectivity index (χ4v) is 7.29. The number of ketones is 3. The maximum Gasteiger partial charge on any atom is 0.332 e. The molecule has 0 radical (unpaired) electrons. The second-order valence-electron chi connectivity index (χ2n) is 13.4. The number of Topliss-reactive ketones (excluding diaryl/α,β-unsaturated/α-hetero) is 2. The zero-order valence-electron chi connectivity index (χ0n) is 30.0. The van der Waals surface area contributed by atoms with Crippen molar-refractivity contribution in [2.45, 2.75) is 73.8 Å². The number of hydrogen-bond acceptors (Lipinski definition) is 7. The van der Waals surface area contributed by atoms with Crippen molar-refractivity contribution in [2.75, 3.05) is 0 Å². The van der Waals surface area contributed by atoms with Crippen LogP contribution in [0.1, 0.15) is 100.0 Å². The van der Waals surface area contributed by atoms with Gasteiger partial charge in [-0.3, -0.25) is 14.4 Å². The second-order valence-corrected chi connectivity index (χ2v) is 13.4. The Morgan fingerprint density at radius 1 is 0.824 bits per heavy atom. The van der Waals surface area contributed by atoms with Crippen LogP contribution in [0.15, 0.2) is 88.6 Å². The number of carbonyl (C=O) groups is 4. The Kier molecular flexibility index (Phi) is 10.1. The fourth-order valence-electron chi connectivity index (χ4n) is 7.29. The maximum atomic E-state index is 14.6. The highest BCUT2D eigenvalue weighted by Gasteiger charge is 2.29. The third kappa shape index (κ3) is 6.78. The smallest absolute Gasteiger partial charge is 0.332 e. The van der Waals surface area contributed by atoms with E-state index < -0.39 is 23.2 Å². The molecule has 0 saturated heterocycles. The van der Waals surface area contributed by atoms with Crippen LogP contribution in [0.5, 0.6) is 0 Å². The summed E-state index contributed by atoms with van der Waals surface area (Å²) in [5.41, 5.74) is 5.67. The molecule has 51 heavy (non-hydrogen) atoms. The van der Waals surface area contributed by atoms with E-state index in [-0.39, 0.29) is 17.1 Å². The second kappa shape index (κ2) is 14.7. The van der Waals surface area contributed by atoms with Crippen LogP contribution in [0.3, 0.4) is 0 Å². The minimum atomic E-state index is -0.807. The van der Waals surface area contributed by atoms with Gasteiger partial charge in [0.1, 0.15) is 0 Å². The van der Waals surface area contributed by atoms with Crippen molar-refractivity contribution in [3.63, 3.8) is 0 Å². The maximum absolute atomic E-state index is 14.6. The number of unbranched alkanes of at least 4 members (excludes halogenated alkanes) is 1. The number of fused-ring (bicyclic) bond motifs is 5. The van der Waals surface area contributed by atoms with Gasteiger partial charge < -0.3 is 13.8 Å². The first-order valence-electron chi connectivity index (χ1n) is 17.5. The molecule has 6 rings (SSSR count). The fraction of sp³-hybridized carbons (Fsp3) is 0.279. The van der Waals surface area contributed by atoms with E-state index in [1.54, 1.807) is 12.1 Å². The minimum absolute atomic E-state index is 0.0644. The average molecular weight is 683 g/mol. The van der Waals surface area contributed by atoms with Crippen LogP contribution in [0.4, 0.5) is 0 Å². The first-order valence-corrected chi connectivity index (χ1v) is 17.5. The lowest BCUT2D eigenvalue weighted by molar-refractivity contribution is -0.140. The summed E-state index contributed by atoms with van der Waals surface area (Å²) in [4.78, 5) is 58.4. The predicted molar refractivity (Wildman–Crippen MR) is 201 cm³/mol. The Morgan fingerprint density at radius 3 is 2.20 bits per heavy atom. The van der Waals surface area contributed by atoms with Gasteiger partial charge in [-0.1, -0.05) is 80.2 Å². The Labute approximate surface area is 297 Å². The summed E-state index contributed by atoms with van der Waals surface area (Å²) >= 11 is 0. The van der Waals surface area contributed by atoms with E-state index in [4.69, 9.17) is 9.25 Å². The van der Waals surface area contributed by atoms with Crippen molar-refractivity contribution in [3.05, 3.63) is 118 Å². The van der Waals surface area contributed by atoms with Gasteiger partial charge in [-0.25, -0.2) is 4.79 Å². The van der Waals surface area contributed by atoms with Gasteiger partial charge in [-0.2, -0.15) is 0 Å². The van der Waals surface area contributed by atoms with E-state index >= 15 is 0 Å². The molecule has 8 nitrogen and oxygen atoms in total. The van der Waals surface area contributed by atoms with Gasteiger partial charge in [0.05, 0.1) is 11.8 Å². The summed E-state index contributed by atoms with van der Waals surface area (Å²) in [6.07, 6.45) is 5.63. The highest BCUT2D eigenvalue weighted by Crippen LogP contribution is 2.39. The first kappa shape index (κ1) is 35.2. The van der Waals surface area contributed by atoms with E-state index in [0.29, 0.717) is 17.0 Å². The predicted octanol–water partition coefficient (Wildman–Crippen LogP) is 9.90. The molecule has 8 heteroatoms. The summed E-state index contributed by atoms with van der Waals surface area (Å²) in [6.45, 7) is 12.3. The summed E-state index contributed by atoms with van der Waals surface area (Å²) < 4.78 is 7.58. The SMILES string of the molecule is CCCCC(CC)Cn1c2ccc(C(=O)/C(=N\OC(C)=O)C(=O)c3ccco3)cc2c2cc(C(=O)c3c(C)cc(C)cc3C)c3ccccc3c21.